The van der Waals surface area contributed by atoms with Gasteiger partial charge in [-0.3, -0.25) is 19.2 Å². The monoisotopic (exact) mass is 1030 g/mol. The number of ether oxygens (including phenoxy) is 5. The second-order valence-corrected chi connectivity index (χ2v) is 20.1. The van der Waals surface area contributed by atoms with Crippen molar-refractivity contribution in [1.29, 1.82) is 0 Å². The molecule has 6 aromatic rings. The van der Waals surface area contributed by atoms with E-state index >= 15 is 0 Å². The van der Waals surface area contributed by atoms with Gasteiger partial charge in [-0.2, -0.15) is 0 Å². The van der Waals surface area contributed by atoms with Crippen molar-refractivity contribution in [2.45, 2.75) is 142 Å². The standard InChI is InChI=1S/C59H80N9O7/c1-64-49(44-68-58(69)54-22-20-21-53-56(65-31-35-73-36-32-65)28-27-55(57(53)54)59(68)70)43-67(63-64)30-17-13-9-5-4-8-12-16-29-66-42-48(61-62-66)45-74-33-18-14-10-6-7-11-15-19-34-75-50-25-23-46(24-26-50)40-60-41-47-37-51(71-2)39-52(38-47)72-3/h20-28,37-39,42-43,60H,4-19,29-36,40-41,44-45H2,1-3H3/q+1. The van der Waals surface area contributed by atoms with E-state index in [1.54, 1.807) is 18.9 Å². The van der Waals surface area contributed by atoms with Gasteiger partial charge in [0.15, 0.2) is 11.9 Å². The van der Waals surface area contributed by atoms with E-state index in [1.807, 2.05) is 77.3 Å². The third-order valence-corrected chi connectivity index (χ3v) is 14.4. The Morgan fingerprint density at radius 2 is 1.32 bits per heavy atom. The van der Waals surface area contributed by atoms with Gasteiger partial charge in [-0.25, -0.2) is 0 Å². The van der Waals surface area contributed by atoms with Crippen LogP contribution in [0.25, 0.3) is 10.8 Å². The van der Waals surface area contributed by atoms with E-state index in [4.69, 9.17) is 23.7 Å². The van der Waals surface area contributed by atoms with E-state index in [-0.39, 0.29) is 18.4 Å². The second kappa shape index (κ2) is 29.1. The maximum Gasteiger partial charge on any atom is 0.261 e. The van der Waals surface area contributed by atoms with Crippen molar-refractivity contribution in [2.24, 2.45) is 7.05 Å². The zero-order chi connectivity index (χ0) is 52.0. The molecule has 2 amide bonds. The first kappa shape index (κ1) is 54.9. The average Bonchev–Trinajstić information content (AvgIpc) is 4.07. The third kappa shape index (κ3) is 16.1. The molecule has 75 heavy (non-hydrogen) atoms. The molecular weight excluding hydrogens is 947 g/mol. The number of nitrogens with zero attached hydrogens (tertiary/aromatic N) is 8. The van der Waals surface area contributed by atoms with Gasteiger partial charge in [-0.05, 0) is 85.7 Å². The number of unbranched alkanes of at least 4 members (excludes halogenated alkanes) is 14. The minimum atomic E-state index is -0.263. The largest absolute Gasteiger partial charge is 0.497 e. The SMILES string of the molecule is COc1cc(CNCc2ccc(OCCCCCCCCCCOCc3cn(CCCCCCCCCC[n+]4cc(CN5C(=O)c6cccc7c(N8CCOCC8)ccc(c67)C5=O)n(C)n4)nn3)cc2)cc(OC)c1. The van der Waals surface area contributed by atoms with Gasteiger partial charge in [-0.1, -0.05) is 100 Å². The summed E-state index contributed by atoms with van der Waals surface area (Å²) in [5, 5.41) is 18.5. The molecule has 1 saturated heterocycles. The van der Waals surface area contributed by atoms with Crippen LogP contribution in [0.1, 0.15) is 146 Å². The van der Waals surface area contributed by atoms with Crippen LogP contribution in [0.3, 0.4) is 0 Å². The summed E-state index contributed by atoms with van der Waals surface area (Å²) < 4.78 is 33.9. The number of methoxy groups -OCH3 is 2. The molecule has 2 aliphatic rings. The summed E-state index contributed by atoms with van der Waals surface area (Å²) >= 11 is 0. The fourth-order valence-electron chi connectivity index (χ4n) is 10.2. The van der Waals surface area contributed by atoms with E-state index in [9.17, 15) is 9.59 Å². The topological polar surface area (TPSA) is 151 Å². The summed E-state index contributed by atoms with van der Waals surface area (Å²) in [6.07, 6.45) is 22.9. The molecule has 0 atom stereocenters. The third-order valence-electron chi connectivity index (χ3n) is 14.4. The van der Waals surface area contributed by atoms with Crippen molar-refractivity contribution >= 4 is 28.3 Å². The predicted octanol–water partition coefficient (Wildman–Crippen LogP) is 9.93. The maximum absolute atomic E-state index is 13.8. The number of carbonyl (C=O) groups is 2. The van der Waals surface area contributed by atoms with Crippen molar-refractivity contribution in [3.05, 3.63) is 119 Å². The molecule has 16 heteroatoms. The number of morpholine rings is 1. The Labute approximate surface area is 443 Å². The number of hydrogen-bond donors (Lipinski definition) is 1. The summed E-state index contributed by atoms with van der Waals surface area (Å²) in [5.41, 5.74) is 6.24. The number of amides is 2. The molecule has 2 aromatic heterocycles. The van der Waals surface area contributed by atoms with Gasteiger partial charge < -0.3 is 33.9 Å². The van der Waals surface area contributed by atoms with E-state index in [0.29, 0.717) is 30.9 Å². The number of aromatic nitrogens is 6. The first-order valence-corrected chi connectivity index (χ1v) is 27.7. The summed E-state index contributed by atoms with van der Waals surface area (Å²) in [4.78, 5) is 31.3. The highest BCUT2D eigenvalue weighted by atomic mass is 16.5. The molecular formula is C59H80N9O7+. The van der Waals surface area contributed by atoms with Crippen LogP contribution < -0.4 is 29.1 Å². The maximum atomic E-state index is 13.8. The number of rotatable bonds is 34. The minimum absolute atomic E-state index is 0.173. The molecule has 4 aromatic carbocycles. The quantitative estimate of drug-likeness (QED) is 0.0233. The molecule has 0 radical (unpaired) electrons. The highest BCUT2D eigenvalue weighted by molar-refractivity contribution is 6.26. The van der Waals surface area contributed by atoms with Gasteiger partial charge in [0.1, 0.15) is 36.5 Å². The van der Waals surface area contributed by atoms with Gasteiger partial charge >= 0.3 is 0 Å². The highest BCUT2D eigenvalue weighted by Gasteiger charge is 2.35. The molecule has 8 rings (SSSR count). The van der Waals surface area contributed by atoms with Gasteiger partial charge in [-0.15, -0.1) is 14.5 Å². The number of imide groups is 1. The molecule has 0 unspecified atom stereocenters. The van der Waals surface area contributed by atoms with Crippen molar-refractivity contribution < 1.29 is 38.0 Å². The molecule has 0 aliphatic carbocycles. The molecule has 402 valence electrons. The fourth-order valence-corrected chi connectivity index (χ4v) is 10.2. The van der Waals surface area contributed by atoms with E-state index in [1.165, 1.54) is 81.1 Å². The first-order chi connectivity index (χ1) is 36.9. The first-order valence-electron chi connectivity index (χ1n) is 27.7. The number of nitrogens with one attached hydrogen (secondary N) is 1. The minimum Gasteiger partial charge on any atom is -0.497 e. The molecule has 4 heterocycles. The molecule has 0 bridgehead atoms. The lowest BCUT2D eigenvalue weighted by molar-refractivity contribution is -0.755. The Balaban J connectivity index is 0.588. The molecule has 2 aliphatic heterocycles. The molecule has 0 saturated carbocycles. The zero-order valence-electron chi connectivity index (χ0n) is 44.8. The summed E-state index contributed by atoms with van der Waals surface area (Å²) in [6.45, 7) is 8.30. The van der Waals surface area contributed by atoms with Crippen molar-refractivity contribution in [3.63, 3.8) is 0 Å². The van der Waals surface area contributed by atoms with Crippen LogP contribution in [0.4, 0.5) is 5.69 Å². The van der Waals surface area contributed by atoms with E-state index < -0.39 is 0 Å². The number of hydrogen-bond acceptors (Lipinski definition) is 12. The van der Waals surface area contributed by atoms with Crippen LogP contribution in [0.5, 0.6) is 17.2 Å². The number of benzene rings is 4. The molecule has 0 spiro atoms. The average molecular weight is 1030 g/mol. The van der Waals surface area contributed by atoms with Gasteiger partial charge in [0.2, 0.25) is 0 Å². The predicted molar refractivity (Wildman–Crippen MR) is 290 cm³/mol. The lowest BCUT2D eigenvalue weighted by atomic mass is 9.92. The van der Waals surface area contributed by atoms with Crippen LogP contribution in [0.15, 0.2) is 85.2 Å². The summed E-state index contributed by atoms with van der Waals surface area (Å²) in [6, 6.07) is 24.0. The number of carbonyl (C=O) groups excluding carboxylic acids is 2. The highest BCUT2D eigenvalue weighted by Crippen LogP contribution is 2.37. The Hall–Kier alpha value is -6.36. The van der Waals surface area contributed by atoms with E-state index in [0.717, 1.165) is 135 Å². The Bertz CT molecular complexity index is 2670. The van der Waals surface area contributed by atoms with Crippen LogP contribution >= 0.6 is 0 Å². The van der Waals surface area contributed by atoms with Gasteiger partial charge in [0.25, 0.3) is 11.8 Å². The van der Waals surface area contributed by atoms with Crippen LogP contribution in [-0.4, -0.2) is 95.3 Å². The Morgan fingerprint density at radius 3 is 2.03 bits per heavy atom. The summed E-state index contributed by atoms with van der Waals surface area (Å²) in [5.74, 6) is 1.99. The smallest absolute Gasteiger partial charge is 0.261 e. The molecule has 1 fully saturated rings. The number of aryl methyl sites for hydroxylation is 3. The van der Waals surface area contributed by atoms with Crippen LogP contribution in [-0.2, 0) is 55.9 Å². The Kier molecular flexibility index (Phi) is 21.3. The van der Waals surface area contributed by atoms with Crippen molar-refractivity contribution in [1.82, 2.24) is 35.1 Å². The van der Waals surface area contributed by atoms with Gasteiger partial charge in [0, 0.05) is 73.0 Å². The fraction of sp³-hybridized carbons (Fsp3) is 0.525. The molecule has 16 nitrogen and oxygen atoms in total. The molecule has 1 N–H and O–H groups in total. The zero-order valence-corrected chi connectivity index (χ0v) is 44.8. The second-order valence-electron chi connectivity index (χ2n) is 20.1. The van der Waals surface area contributed by atoms with Crippen LogP contribution in [0.2, 0.25) is 0 Å². The lowest BCUT2D eigenvalue weighted by Gasteiger charge is -2.32. The van der Waals surface area contributed by atoms with Crippen LogP contribution in [0, 0.1) is 0 Å². The Morgan fingerprint density at radius 1 is 0.680 bits per heavy atom. The van der Waals surface area contributed by atoms with Crippen molar-refractivity contribution in [3.8, 4) is 17.2 Å². The normalized spacial score (nSPS) is 13.6. The summed E-state index contributed by atoms with van der Waals surface area (Å²) in [7, 11) is 5.21. The van der Waals surface area contributed by atoms with Crippen molar-refractivity contribution in [2.75, 3.05) is 58.6 Å². The van der Waals surface area contributed by atoms with E-state index in [2.05, 4.69) is 50.0 Å². The number of anilines is 1. The van der Waals surface area contributed by atoms with Gasteiger partial charge in [0.05, 0.1) is 58.6 Å². The lowest BCUT2D eigenvalue weighted by Crippen LogP contribution is -2.40.